The number of carbonyl (C=O) groups is 1. The lowest BCUT2D eigenvalue weighted by molar-refractivity contribution is 0.0579. The smallest absolute Gasteiger partial charge is 0.293 e. The van der Waals surface area contributed by atoms with Crippen LogP contribution in [0.4, 0.5) is 0 Å². The maximum Gasteiger partial charge on any atom is 0.293 e. The van der Waals surface area contributed by atoms with Gasteiger partial charge in [0.1, 0.15) is 5.82 Å². The van der Waals surface area contributed by atoms with Gasteiger partial charge in [0.2, 0.25) is 5.76 Å². The standard InChI is InChI=1S/C19H26N4O3/c1-13-9-17(26-21-13)19(24)22-7-8-23-16(10-20-18(23)14(22)2)12-25-11-15-5-3-4-6-15/h9-10,14-15H,3-8,11-12H2,1-2H3/t14-/m0/s1. The van der Waals surface area contributed by atoms with E-state index >= 15 is 0 Å². The molecule has 0 unspecified atom stereocenters. The molecule has 1 aliphatic heterocycles. The van der Waals surface area contributed by atoms with Gasteiger partial charge in [0.15, 0.2) is 0 Å². The average molecular weight is 358 g/mol. The predicted molar refractivity (Wildman–Crippen MR) is 94.5 cm³/mol. The number of ether oxygens (including phenoxy) is 1. The molecule has 0 N–H and O–H groups in total. The summed E-state index contributed by atoms with van der Waals surface area (Å²) in [5.74, 6) is 1.78. The summed E-state index contributed by atoms with van der Waals surface area (Å²) >= 11 is 0. The molecule has 7 heteroatoms. The zero-order valence-corrected chi connectivity index (χ0v) is 15.5. The van der Waals surface area contributed by atoms with E-state index in [-0.39, 0.29) is 17.7 Å². The second kappa shape index (κ2) is 7.23. The lowest BCUT2D eigenvalue weighted by Gasteiger charge is -2.33. The Bertz CT molecular complexity index is 776. The van der Waals surface area contributed by atoms with E-state index in [0.29, 0.717) is 18.8 Å². The third-order valence-corrected chi connectivity index (χ3v) is 5.55. The summed E-state index contributed by atoms with van der Waals surface area (Å²) in [5.41, 5.74) is 1.80. The van der Waals surface area contributed by atoms with Crippen LogP contribution in [0, 0.1) is 12.8 Å². The Morgan fingerprint density at radius 1 is 1.35 bits per heavy atom. The highest BCUT2D eigenvalue weighted by molar-refractivity contribution is 5.91. The van der Waals surface area contributed by atoms with E-state index in [0.717, 1.165) is 30.6 Å². The molecule has 2 aliphatic rings. The summed E-state index contributed by atoms with van der Waals surface area (Å²) < 4.78 is 13.3. The molecule has 7 nitrogen and oxygen atoms in total. The monoisotopic (exact) mass is 358 g/mol. The van der Waals surface area contributed by atoms with Crippen molar-refractivity contribution >= 4 is 5.91 Å². The van der Waals surface area contributed by atoms with Crippen molar-refractivity contribution in [1.29, 1.82) is 0 Å². The van der Waals surface area contributed by atoms with Gasteiger partial charge < -0.3 is 18.7 Å². The Kier molecular flexibility index (Phi) is 4.80. The number of aromatic nitrogens is 3. The molecule has 1 fully saturated rings. The van der Waals surface area contributed by atoms with E-state index in [1.165, 1.54) is 25.7 Å². The first kappa shape index (κ1) is 17.3. The summed E-state index contributed by atoms with van der Waals surface area (Å²) in [6.07, 6.45) is 7.14. The second-order valence-electron chi connectivity index (χ2n) is 7.43. The van der Waals surface area contributed by atoms with E-state index in [9.17, 15) is 4.79 Å². The molecule has 1 saturated carbocycles. The van der Waals surface area contributed by atoms with Gasteiger partial charge in [-0.25, -0.2) is 4.98 Å². The fourth-order valence-electron chi connectivity index (χ4n) is 4.07. The van der Waals surface area contributed by atoms with Gasteiger partial charge in [-0.15, -0.1) is 0 Å². The molecule has 2 aromatic rings. The van der Waals surface area contributed by atoms with Gasteiger partial charge in [-0.2, -0.15) is 0 Å². The highest BCUT2D eigenvalue weighted by Gasteiger charge is 2.32. The summed E-state index contributed by atoms with van der Waals surface area (Å²) in [6.45, 7) is 6.59. The minimum Gasteiger partial charge on any atom is -0.375 e. The maximum atomic E-state index is 12.7. The van der Waals surface area contributed by atoms with Crippen molar-refractivity contribution in [3.63, 3.8) is 0 Å². The molecule has 1 aliphatic carbocycles. The number of carbonyl (C=O) groups excluding carboxylic acids is 1. The largest absolute Gasteiger partial charge is 0.375 e. The first-order chi connectivity index (χ1) is 12.6. The number of imidazole rings is 1. The molecule has 1 amide bonds. The molecule has 0 bridgehead atoms. The minimum absolute atomic E-state index is 0.106. The van der Waals surface area contributed by atoms with Crippen molar-refractivity contribution in [2.24, 2.45) is 5.92 Å². The van der Waals surface area contributed by atoms with E-state index in [4.69, 9.17) is 9.26 Å². The van der Waals surface area contributed by atoms with E-state index < -0.39 is 0 Å². The molecule has 4 rings (SSSR count). The molecular formula is C19H26N4O3. The molecule has 0 aromatic carbocycles. The molecule has 26 heavy (non-hydrogen) atoms. The van der Waals surface area contributed by atoms with Crippen LogP contribution in [0.3, 0.4) is 0 Å². The zero-order valence-electron chi connectivity index (χ0n) is 15.5. The van der Waals surface area contributed by atoms with Crippen molar-refractivity contribution in [3.8, 4) is 0 Å². The third-order valence-electron chi connectivity index (χ3n) is 5.55. The number of hydrogen-bond donors (Lipinski definition) is 0. The molecule has 2 aromatic heterocycles. The highest BCUT2D eigenvalue weighted by atomic mass is 16.5. The van der Waals surface area contributed by atoms with Crippen LogP contribution in [-0.4, -0.2) is 38.7 Å². The number of amides is 1. The number of fused-ring (bicyclic) bond motifs is 1. The van der Waals surface area contributed by atoms with Crippen molar-refractivity contribution in [2.75, 3.05) is 13.2 Å². The molecule has 1 atom stereocenters. The first-order valence-electron chi connectivity index (χ1n) is 9.50. The SMILES string of the molecule is Cc1cc(C(=O)N2CCn3c(COCC4CCCC4)cnc3[C@@H]2C)on1. The Labute approximate surface area is 153 Å². The minimum atomic E-state index is -0.133. The van der Waals surface area contributed by atoms with Gasteiger partial charge in [0.05, 0.1) is 30.2 Å². The Morgan fingerprint density at radius 3 is 2.88 bits per heavy atom. The van der Waals surface area contributed by atoms with Crippen LogP contribution in [0.25, 0.3) is 0 Å². The molecule has 3 heterocycles. The van der Waals surface area contributed by atoms with E-state index in [1.54, 1.807) is 11.0 Å². The molecule has 0 saturated heterocycles. The topological polar surface area (TPSA) is 73.4 Å². The van der Waals surface area contributed by atoms with Crippen LogP contribution in [0.15, 0.2) is 16.8 Å². The number of rotatable bonds is 5. The molecule has 140 valence electrons. The lowest BCUT2D eigenvalue weighted by Crippen LogP contribution is -2.41. The van der Waals surface area contributed by atoms with Gasteiger partial charge in [0.25, 0.3) is 5.91 Å². The normalized spacial score (nSPS) is 20.5. The Hall–Kier alpha value is -2.15. The van der Waals surface area contributed by atoms with Crippen LogP contribution in [0.1, 0.15) is 66.4 Å². The van der Waals surface area contributed by atoms with E-state index in [2.05, 4.69) is 14.7 Å². The fourth-order valence-corrected chi connectivity index (χ4v) is 4.07. The van der Waals surface area contributed by atoms with Crippen molar-refractivity contribution < 1.29 is 14.1 Å². The average Bonchev–Trinajstić information content (AvgIpc) is 3.36. The van der Waals surface area contributed by atoms with E-state index in [1.807, 2.05) is 20.0 Å². The number of aryl methyl sites for hydroxylation is 1. The fraction of sp³-hybridized carbons (Fsp3) is 0.632. The Morgan fingerprint density at radius 2 is 2.15 bits per heavy atom. The van der Waals surface area contributed by atoms with Crippen LogP contribution in [-0.2, 0) is 17.9 Å². The highest BCUT2D eigenvalue weighted by Crippen LogP contribution is 2.28. The van der Waals surface area contributed by atoms with Gasteiger partial charge in [-0.3, -0.25) is 4.79 Å². The Balaban J connectivity index is 1.41. The number of nitrogens with zero attached hydrogens (tertiary/aromatic N) is 4. The summed E-state index contributed by atoms with van der Waals surface area (Å²) in [6, 6.07) is 1.57. The maximum absolute atomic E-state index is 12.7. The summed E-state index contributed by atoms with van der Waals surface area (Å²) in [5, 5.41) is 3.81. The molecule has 0 spiro atoms. The summed E-state index contributed by atoms with van der Waals surface area (Å²) in [7, 11) is 0. The van der Waals surface area contributed by atoms with Crippen molar-refractivity contribution in [2.45, 2.75) is 58.7 Å². The lowest BCUT2D eigenvalue weighted by atomic mass is 10.1. The zero-order chi connectivity index (χ0) is 18.1. The third kappa shape index (κ3) is 3.28. The van der Waals surface area contributed by atoms with Crippen LogP contribution >= 0.6 is 0 Å². The summed E-state index contributed by atoms with van der Waals surface area (Å²) in [4.78, 5) is 19.0. The quantitative estimate of drug-likeness (QED) is 0.821. The van der Waals surface area contributed by atoms with Crippen LogP contribution in [0.2, 0.25) is 0 Å². The van der Waals surface area contributed by atoms with Gasteiger partial charge in [-0.1, -0.05) is 18.0 Å². The first-order valence-corrected chi connectivity index (χ1v) is 9.50. The predicted octanol–water partition coefficient (Wildman–Crippen LogP) is 3.10. The van der Waals surface area contributed by atoms with Crippen LogP contribution in [0.5, 0.6) is 0 Å². The van der Waals surface area contributed by atoms with Gasteiger partial charge in [-0.05, 0) is 32.6 Å². The van der Waals surface area contributed by atoms with Crippen molar-refractivity contribution in [3.05, 3.63) is 35.2 Å². The second-order valence-corrected chi connectivity index (χ2v) is 7.43. The number of hydrogen-bond acceptors (Lipinski definition) is 5. The van der Waals surface area contributed by atoms with Crippen molar-refractivity contribution in [1.82, 2.24) is 19.6 Å². The molecular weight excluding hydrogens is 332 g/mol. The van der Waals surface area contributed by atoms with Gasteiger partial charge in [0, 0.05) is 25.8 Å². The molecule has 0 radical (unpaired) electrons. The van der Waals surface area contributed by atoms with Gasteiger partial charge >= 0.3 is 0 Å². The van der Waals surface area contributed by atoms with Crippen LogP contribution < -0.4 is 0 Å².